The highest BCUT2D eigenvalue weighted by atomic mass is 32.2. The Balaban J connectivity index is 1.38. The minimum Gasteiger partial charge on any atom is -0.445 e. The number of carbonyl (C=O) groups is 4. The molecule has 2 heterocycles. The summed E-state index contributed by atoms with van der Waals surface area (Å²) < 4.78 is 10.7. The number of thioether (sulfide) groups is 1. The Morgan fingerprint density at radius 3 is 2.15 bits per heavy atom. The highest BCUT2D eigenvalue weighted by molar-refractivity contribution is 7.99. The van der Waals surface area contributed by atoms with Gasteiger partial charge in [-0.1, -0.05) is 105 Å². The Morgan fingerprint density at radius 2 is 1.54 bits per heavy atom. The Hall–Kier alpha value is -4.90. The van der Waals surface area contributed by atoms with Crippen LogP contribution >= 0.6 is 11.8 Å². The maximum Gasteiger partial charge on any atom is 0.408 e. The molecule has 5 rings (SSSR count). The molecule has 1 aromatic heterocycles. The van der Waals surface area contributed by atoms with Gasteiger partial charge < -0.3 is 24.7 Å². The predicted molar refractivity (Wildman–Crippen MR) is 174 cm³/mol. The number of Topliss-reactive ketones (excluding diaryl/α,β-unsaturated/α-hetero) is 1. The molecule has 0 saturated carbocycles. The standard InChI is InChI=1S/C35H36N4O6S/c1-23(2)29(38-35(43)45-21-25-14-8-4-9-15-25)33(42)39-28(22-46-34(39)26-16-10-5-11-17-26)31(41)37-27(20-24-12-6-3-7-13-24)30(40)32-36-18-19-44-32/h3-19,23,27-29,34H,20-22H2,1-2H3,(H,37,41)(H,38,43)/t27-,28-,29-,34?/m0/s1. The number of hydrogen-bond donors (Lipinski definition) is 2. The molecule has 46 heavy (non-hydrogen) atoms. The molecule has 1 aliphatic heterocycles. The molecule has 1 saturated heterocycles. The Morgan fingerprint density at radius 1 is 0.913 bits per heavy atom. The lowest BCUT2D eigenvalue weighted by molar-refractivity contribution is -0.142. The van der Waals surface area contributed by atoms with Crippen LogP contribution in [0.25, 0.3) is 0 Å². The van der Waals surface area contributed by atoms with Crippen LogP contribution in [0.2, 0.25) is 0 Å². The summed E-state index contributed by atoms with van der Waals surface area (Å²) in [6.45, 7) is 3.69. The third-order valence-corrected chi connectivity index (χ3v) is 8.94. The smallest absolute Gasteiger partial charge is 0.408 e. The maximum atomic E-state index is 14.4. The lowest BCUT2D eigenvalue weighted by Gasteiger charge is -2.34. The molecule has 238 valence electrons. The van der Waals surface area contributed by atoms with E-state index in [9.17, 15) is 19.2 Å². The van der Waals surface area contributed by atoms with E-state index in [0.717, 1.165) is 16.7 Å². The minimum absolute atomic E-state index is 0.0459. The first kappa shape index (κ1) is 32.5. The monoisotopic (exact) mass is 640 g/mol. The van der Waals surface area contributed by atoms with E-state index < -0.39 is 47.2 Å². The van der Waals surface area contributed by atoms with Gasteiger partial charge in [-0.2, -0.15) is 0 Å². The number of oxazole rings is 1. The molecule has 4 atom stereocenters. The van der Waals surface area contributed by atoms with Crippen molar-refractivity contribution < 1.29 is 28.3 Å². The van der Waals surface area contributed by atoms with Crippen molar-refractivity contribution in [2.24, 2.45) is 5.92 Å². The Kier molecular flexibility index (Phi) is 10.9. The van der Waals surface area contributed by atoms with Gasteiger partial charge in [-0.25, -0.2) is 9.78 Å². The second-order valence-electron chi connectivity index (χ2n) is 11.2. The average molecular weight is 641 g/mol. The number of benzene rings is 3. The zero-order valence-electron chi connectivity index (χ0n) is 25.6. The fourth-order valence-electron chi connectivity index (χ4n) is 5.24. The second kappa shape index (κ2) is 15.4. The zero-order chi connectivity index (χ0) is 32.5. The maximum absolute atomic E-state index is 14.4. The number of hydrogen-bond acceptors (Lipinski definition) is 8. The summed E-state index contributed by atoms with van der Waals surface area (Å²) >= 11 is 1.45. The third kappa shape index (κ3) is 8.02. The van der Waals surface area contributed by atoms with Gasteiger partial charge in [0.15, 0.2) is 0 Å². The Labute approximate surface area is 271 Å². The quantitative estimate of drug-likeness (QED) is 0.203. The van der Waals surface area contributed by atoms with E-state index in [-0.39, 0.29) is 30.6 Å². The van der Waals surface area contributed by atoms with E-state index in [0.29, 0.717) is 0 Å². The molecule has 0 radical (unpaired) electrons. The molecule has 0 aliphatic carbocycles. The van der Waals surface area contributed by atoms with Crippen molar-refractivity contribution in [1.29, 1.82) is 0 Å². The van der Waals surface area contributed by atoms with Gasteiger partial charge in [0.1, 0.15) is 36.4 Å². The molecule has 10 nitrogen and oxygen atoms in total. The van der Waals surface area contributed by atoms with Gasteiger partial charge in [0.2, 0.25) is 17.6 Å². The predicted octanol–water partition coefficient (Wildman–Crippen LogP) is 5.18. The van der Waals surface area contributed by atoms with E-state index >= 15 is 0 Å². The summed E-state index contributed by atoms with van der Waals surface area (Å²) in [6.07, 6.45) is 2.14. The average Bonchev–Trinajstić information content (AvgIpc) is 3.78. The van der Waals surface area contributed by atoms with Crippen molar-refractivity contribution in [3.8, 4) is 0 Å². The topological polar surface area (TPSA) is 131 Å². The zero-order valence-corrected chi connectivity index (χ0v) is 26.4. The fourth-order valence-corrected chi connectivity index (χ4v) is 6.68. The van der Waals surface area contributed by atoms with Crippen molar-refractivity contribution in [2.45, 2.75) is 50.4 Å². The first-order valence-electron chi connectivity index (χ1n) is 15.1. The first-order valence-corrected chi connectivity index (χ1v) is 16.1. The summed E-state index contributed by atoms with van der Waals surface area (Å²) in [5.74, 6) is -1.55. The molecule has 2 N–H and O–H groups in total. The summed E-state index contributed by atoms with van der Waals surface area (Å²) in [5, 5.41) is 5.13. The van der Waals surface area contributed by atoms with Crippen LogP contribution in [0, 0.1) is 5.92 Å². The van der Waals surface area contributed by atoms with Crippen molar-refractivity contribution in [1.82, 2.24) is 20.5 Å². The number of nitrogens with zero attached hydrogens (tertiary/aromatic N) is 2. The molecule has 0 bridgehead atoms. The number of carbonyl (C=O) groups excluding carboxylic acids is 4. The van der Waals surface area contributed by atoms with E-state index in [4.69, 9.17) is 9.15 Å². The summed E-state index contributed by atoms with van der Waals surface area (Å²) in [6, 6.07) is 25.1. The normalized spacial score (nSPS) is 17.2. The SMILES string of the molecule is CC(C)[C@H](NC(=O)OCc1ccccc1)C(=O)N1C(c2ccccc2)SC[C@H]1C(=O)N[C@@H](Cc1ccccc1)C(=O)c1ncco1. The molecular formula is C35H36N4O6S. The van der Waals surface area contributed by atoms with Crippen LogP contribution in [-0.4, -0.2) is 57.5 Å². The minimum atomic E-state index is -0.988. The van der Waals surface area contributed by atoms with Crippen molar-refractivity contribution >= 4 is 35.5 Å². The van der Waals surface area contributed by atoms with Crippen LogP contribution in [-0.2, 0) is 27.4 Å². The van der Waals surface area contributed by atoms with Gasteiger partial charge in [-0.3, -0.25) is 14.4 Å². The summed E-state index contributed by atoms with van der Waals surface area (Å²) in [5.41, 5.74) is 2.48. The molecule has 11 heteroatoms. The molecule has 1 fully saturated rings. The van der Waals surface area contributed by atoms with Crippen molar-refractivity contribution in [2.75, 3.05) is 5.75 Å². The van der Waals surface area contributed by atoms with Crippen LogP contribution in [0.15, 0.2) is 108 Å². The number of nitrogens with one attached hydrogen (secondary N) is 2. The van der Waals surface area contributed by atoms with E-state index in [1.54, 1.807) is 0 Å². The fraction of sp³-hybridized carbons (Fsp3) is 0.286. The number of aromatic nitrogens is 1. The third-order valence-electron chi connectivity index (χ3n) is 7.62. The molecule has 0 spiro atoms. The lowest BCUT2D eigenvalue weighted by atomic mass is 10.00. The first-order chi connectivity index (χ1) is 22.3. The van der Waals surface area contributed by atoms with Gasteiger partial charge in [0.05, 0.1) is 6.20 Å². The van der Waals surface area contributed by atoms with E-state index in [1.165, 1.54) is 29.1 Å². The van der Waals surface area contributed by atoms with Crippen molar-refractivity contribution in [3.63, 3.8) is 0 Å². The number of ketones is 1. The van der Waals surface area contributed by atoms with Crippen LogP contribution < -0.4 is 10.6 Å². The van der Waals surface area contributed by atoms with Crippen LogP contribution in [0.3, 0.4) is 0 Å². The van der Waals surface area contributed by atoms with Gasteiger partial charge in [0, 0.05) is 12.2 Å². The number of rotatable bonds is 12. The highest BCUT2D eigenvalue weighted by Crippen LogP contribution is 2.42. The Bertz CT molecular complexity index is 1600. The van der Waals surface area contributed by atoms with Gasteiger partial charge in [-0.15, -0.1) is 11.8 Å². The molecule has 3 aromatic carbocycles. The molecule has 1 unspecified atom stereocenters. The van der Waals surface area contributed by atoms with Crippen LogP contribution in [0.1, 0.15) is 46.6 Å². The van der Waals surface area contributed by atoms with E-state index in [1.807, 2.05) is 105 Å². The van der Waals surface area contributed by atoms with E-state index in [2.05, 4.69) is 15.6 Å². The molecule has 1 aliphatic rings. The largest absolute Gasteiger partial charge is 0.445 e. The highest BCUT2D eigenvalue weighted by Gasteiger charge is 2.46. The molecule has 4 aromatic rings. The van der Waals surface area contributed by atoms with Crippen LogP contribution in [0.4, 0.5) is 4.79 Å². The number of alkyl carbamates (subject to hydrolysis) is 1. The molecule has 3 amide bonds. The number of ether oxygens (including phenoxy) is 1. The van der Waals surface area contributed by atoms with Gasteiger partial charge in [-0.05, 0) is 22.6 Å². The molecular weight excluding hydrogens is 604 g/mol. The summed E-state index contributed by atoms with van der Waals surface area (Å²) in [7, 11) is 0. The summed E-state index contributed by atoms with van der Waals surface area (Å²) in [4.78, 5) is 60.2. The van der Waals surface area contributed by atoms with Crippen LogP contribution in [0.5, 0.6) is 0 Å². The van der Waals surface area contributed by atoms with Gasteiger partial charge >= 0.3 is 6.09 Å². The second-order valence-corrected chi connectivity index (χ2v) is 12.4. The lowest BCUT2D eigenvalue weighted by Crippen LogP contribution is -2.57. The van der Waals surface area contributed by atoms with Gasteiger partial charge in [0.25, 0.3) is 5.89 Å². The van der Waals surface area contributed by atoms with Crippen molar-refractivity contribution in [3.05, 3.63) is 126 Å². The number of amides is 3.